The number of fused-ring (bicyclic) bond motifs is 36. The number of benzene rings is 17. The van der Waals surface area contributed by atoms with Crippen LogP contribution in [-0.4, -0.2) is 49.7 Å². The van der Waals surface area contributed by atoms with Gasteiger partial charge in [0.05, 0.1) is 49.0 Å². The van der Waals surface area contributed by atoms with Crippen molar-refractivity contribution in [2.45, 2.75) is 124 Å². The summed E-state index contributed by atoms with van der Waals surface area (Å²) < 4.78 is 22.1. The smallest absolute Gasteiger partial charge is 0.247 e. The minimum absolute atomic E-state index is 0.0297. The van der Waals surface area contributed by atoms with Crippen LogP contribution in [0.3, 0.4) is 0 Å². The zero-order valence-electron chi connectivity index (χ0n) is 81.3. The van der Waals surface area contributed by atoms with Gasteiger partial charge in [-0.05, 0) is 216 Å². The van der Waals surface area contributed by atoms with Gasteiger partial charge in [-0.3, -0.25) is 0 Å². The summed E-state index contributed by atoms with van der Waals surface area (Å²) in [5.41, 5.74) is 60.3. The Kier molecular flexibility index (Phi) is 16.1. The molecule has 0 amide bonds. The third kappa shape index (κ3) is 10.1. The van der Waals surface area contributed by atoms with E-state index in [9.17, 15) is 0 Å². The molecule has 0 fully saturated rings. The summed E-state index contributed by atoms with van der Waals surface area (Å²) in [5.74, 6) is 0. The molecule has 0 saturated carbocycles. The minimum atomic E-state index is -0.0705. The molecule has 6 nitrogen and oxygen atoms in total. The Morgan fingerprint density at radius 1 is 0.243 bits per heavy atom. The van der Waals surface area contributed by atoms with Crippen molar-refractivity contribution in [2.24, 2.45) is 0 Å². The van der Waals surface area contributed by atoms with Gasteiger partial charge in [0.25, 0.3) is 0 Å². The molecule has 0 bridgehead atoms. The molecule has 24 aromatic rings. The molecule has 11 heteroatoms. The fraction of sp³-hybridized carbons (Fsp3) is 0.147. The van der Waals surface area contributed by atoms with Crippen molar-refractivity contribution in [3.63, 3.8) is 0 Å². The molecule has 0 radical (unpaired) electrons. The monoisotopic (exact) mass is 1810 g/mol. The van der Waals surface area contributed by atoms with Crippen molar-refractivity contribution >= 4 is 212 Å². The van der Waals surface area contributed by atoms with Crippen LogP contribution in [0.2, 0.25) is 0 Å². The lowest BCUT2D eigenvalue weighted by atomic mass is 9.30. The first kappa shape index (κ1) is 81.0. The molecular formula is C129H99B4N5OS. The van der Waals surface area contributed by atoms with Crippen LogP contribution >= 0.6 is 11.3 Å². The highest BCUT2D eigenvalue weighted by Gasteiger charge is 2.53. The predicted octanol–water partition coefficient (Wildman–Crippen LogP) is 23.3. The third-order valence-corrected chi connectivity index (χ3v) is 36.0. The predicted molar refractivity (Wildman–Crippen MR) is 597 cm³/mol. The SMILES string of the molecule is Cc1cc2c3c(c1)C(C)(C)c1ccccc1B3c1cccc3c1n-2c1c2ccccc2n(-c2ccccc2)c31.Cc1cc2c3c(c1)C(C)(C)c1ccccc1B3c1cccc3c4c(n-2c13)-c1ccccc1C4(C)C.Cc1cc2c3c(c1)C(C)(C)c1ccccc1B3c1cccc3c4oc5ccccc5c4n-2c13.Cc1cc2c3c(c1)C(C)(C)c1ccccc1B3c1cccc3c4sc5ccccc5c4n-2c13. The van der Waals surface area contributed by atoms with Gasteiger partial charge in [0.2, 0.25) is 26.9 Å². The molecule has 8 aliphatic heterocycles. The molecule has 33 rings (SSSR count). The highest BCUT2D eigenvalue weighted by Crippen LogP contribution is 2.56. The lowest BCUT2D eigenvalue weighted by molar-refractivity contribution is 0.644. The van der Waals surface area contributed by atoms with Gasteiger partial charge < -0.3 is 27.3 Å². The molecule has 17 aromatic carbocycles. The van der Waals surface area contributed by atoms with Crippen LogP contribution in [0, 0.1) is 27.7 Å². The van der Waals surface area contributed by atoms with Crippen molar-refractivity contribution in [1.82, 2.24) is 22.8 Å². The number of hydrogen-bond acceptors (Lipinski definition) is 2. The maximum atomic E-state index is 6.48. The van der Waals surface area contributed by atoms with Gasteiger partial charge in [-0.25, -0.2) is 0 Å². The zero-order valence-corrected chi connectivity index (χ0v) is 82.1. The van der Waals surface area contributed by atoms with E-state index in [2.05, 4.69) is 466 Å². The minimum Gasteiger partial charge on any atom is -0.454 e. The van der Waals surface area contributed by atoms with E-state index < -0.39 is 0 Å². The maximum Gasteiger partial charge on any atom is 0.247 e. The first-order chi connectivity index (χ1) is 68.0. The largest absolute Gasteiger partial charge is 0.454 e. The van der Waals surface area contributed by atoms with Crippen LogP contribution in [0.5, 0.6) is 0 Å². The Morgan fingerprint density at radius 2 is 0.593 bits per heavy atom. The van der Waals surface area contributed by atoms with Crippen LogP contribution in [0.15, 0.2) is 350 Å². The van der Waals surface area contributed by atoms with E-state index in [0.29, 0.717) is 0 Å². The average Bonchev–Trinajstić information content (AvgIpc) is 1.49. The molecule has 0 unspecified atom stereocenters. The molecule has 0 N–H and O–H groups in total. The number of nitrogens with zero attached hydrogens (tertiary/aromatic N) is 5. The van der Waals surface area contributed by atoms with Gasteiger partial charge in [-0.1, -0.05) is 370 Å². The molecule has 664 valence electrons. The Bertz CT molecular complexity index is 9520. The number of rotatable bonds is 1. The van der Waals surface area contributed by atoms with Crippen LogP contribution < -0.4 is 65.6 Å². The second kappa shape index (κ2) is 27.7. The Labute approximate surface area is 820 Å². The van der Waals surface area contributed by atoms with Gasteiger partial charge in [-0.2, -0.15) is 0 Å². The second-order valence-electron chi connectivity index (χ2n) is 44.2. The van der Waals surface area contributed by atoms with Crippen LogP contribution in [-0.2, 0) is 27.1 Å². The molecule has 9 aliphatic rings. The Morgan fingerprint density at radius 3 is 1.10 bits per heavy atom. The maximum absolute atomic E-state index is 6.48. The first-order valence-electron chi connectivity index (χ1n) is 50.3. The van der Waals surface area contributed by atoms with Gasteiger partial charge in [0, 0.05) is 109 Å². The highest BCUT2D eigenvalue weighted by molar-refractivity contribution is 7.26. The van der Waals surface area contributed by atoms with E-state index in [-0.39, 0.29) is 53.9 Å². The fourth-order valence-electron chi connectivity index (χ4n) is 29.2. The summed E-state index contributed by atoms with van der Waals surface area (Å²) in [6.07, 6.45) is 0. The molecule has 0 spiro atoms. The Balaban J connectivity index is 0.0000000879. The van der Waals surface area contributed by atoms with E-state index in [1.807, 2.05) is 11.3 Å². The molecule has 7 aromatic heterocycles. The molecule has 0 atom stereocenters. The molecular weight excluding hydrogens is 1710 g/mol. The van der Waals surface area contributed by atoms with Crippen molar-refractivity contribution in [2.75, 3.05) is 0 Å². The van der Waals surface area contributed by atoms with Gasteiger partial charge in [0.15, 0.2) is 5.58 Å². The van der Waals surface area contributed by atoms with Crippen molar-refractivity contribution in [3.8, 4) is 39.7 Å². The molecule has 140 heavy (non-hydrogen) atoms. The summed E-state index contributed by atoms with van der Waals surface area (Å²) in [7, 11) is 0. The number of hydrogen-bond donors (Lipinski definition) is 0. The van der Waals surface area contributed by atoms with E-state index in [4.69, 9.17) is 4.42 Å². The number of thiophene rings is 1. The third-order valence-electron chi connectivity index (χ3n) is 34.8. The van der Waals surface area contributed by atoms with Gasteiger partial charge in [-0.15, -0.1) is 11.3 Å². The number of aryl methyl sites for hydroxylation is 4. The van der Waals surface area contributed by atoms with E-state index >= 15 is 0 Å². The number of para-hydroxylation sites is 7. The summed E-state index contributed by atoms with van der Waals surface area (Å²) >= 11 is 1.94. The van der Waals surface area contributed by atoms with Crippen LogP contribution in [0.25, 0.3) is 148 Å². The second-order valence-corrected chi connectivity index (χ2v) is 45.3. The highest BCUT2D eigenvalue weighted by atomic mass is 32.1. The van der Waals surface area contributed by atoms with Crippen LogP contribution in [0.1, 0.15) is 147 Å². The van der Waals surface area contributed by atoms with Crippen molar-refractivity contribution in [3.05, 3.63) is 424 Å². The summed E-state index contributed by atoms with van der Waals surface area (Å²) in [5, 5.41) is 9.16. The lowest BCUT2D eigenvalue weighted by Crippen LogP contribution is -2.63. The van der Waals surface area contributed by atoms with Crippen molar-refractivity contribution in [1.29, 1.82) is 0 Å². The summed E-state index contributed by atoms with van der Waals surface area (Å²) in [6.45, 7) is 34.0. The molecule has 0 saturated heterocycles. The van der Waals surface area contributed by atoms with E-state index in [1.165, 1.54) is 280 Å². The van der Waals surface area contributed by atoms with E-state index in [0.717, 1.165) is 11.2 Å². The topological polar surface area (TPSA) is 37.8 Å². The first-order valence-corrected chi connectivity index (χ1v) is 51.1. The van der Waals surface area contributed by atoms with E-state index in [1.54, 1.807) is 0 Å². The van der Waals surface area contributed by atoms with Crippen molar-refractivity contribution < 1.29 is 4.42 Å². The number of furan rings is 1. The average molecular weight is 1810 g/mol. The molecule has 15 heterocycles. The quantitative estimate of drug-likeness (QED) is 0.151. The molecule has 1 aliphatic carbocycles. The number of aromatic nitrogens is 5. The summed E-state index contributed by atoms with van der Waals surface area (Å²) in [6, 6.07) is 130. The van der Waals surface area contributed by atoms with Gasteiger partial charge in [0.1, 0.15) is 11.1 Å². The lowest BCUT2D eigenvalue weighted by Gasteiger charge is -2.42. The van der Waals surface area contributed by atoms with Crippen LogP contribution in [0.4, 0.5) is 0 Å². The zero-order chi connectivity index (χ0) is 94.0. The van der Waals surface area contributed by atoms with Gasteiger partial charge >= 0.3 is 0 Å². The fourth-order valence-corrected chi connectivity index (χ4v) is 30.4. The normalized spacial score (nSPS) is 15.6. The Hall–Kier alpha value is -15.0. The standard InChI is InChI=1S/C36H27BN2.C33H28BN.C30H22BNO.C30H22BNS/c1-22-20-27-32-31(21-22)39-33-25(15-11-18-29(33)37(32)28-17-9-8-16-26(28)36(27,2)3)35-34(39)24-14-7-10-19-30(24)38(35)23-12-5-4-6-13-23;1-19-17-24-29-27(18-19)35-30-21(28-31(35)20-11-6-7-13-22(20)33(28,4)5)12-10-16-26(30)34(29)25-15-9-8-14-23(25)32(24,2)3;2*1-17-15-21-26-24(16-17)32-27-19(29-28(32)18-9-4-7-14-25(18)33-29)10-8-13-23(27)31(26)22-12-6-5-11-20(22)30(21,2)3/h4-21H,1-3H3;6-18H,1-5H3;2*4-16H,1-3H3. The summed E-state index contributed by atoms with van der Waals surface area (Å²) in [4.78, 5) is 0.